The smallest absolute Gasteiger partial charge is 0.360 e. The van der Waals surface area contributed by atoms with Gasteiger partial charge in [-0.25, -0.2) is 9.78 Å². The highest BCUT2D eigenvalue weighted by Crippen LogP contribution is 2.34. The number of anilines is 1. The third kappa shape index (κ3) is 1.78. The lowest BCUT2D eigenvalue weighted by Gasteiger charge is -2.02. The van der Waals surface area contributed by atoms with Crippen LogP contribution >= 0.6 is 11.3 Å². The molecular weight excluding hydrogens is 278 g/mol. The van der Waals surface area contributed by atoms with Crippen molar-refractivity contribution in [1.29, 1.82) is 0 Å². The summed E-state index contributed by atoms with van der Waals surface area (Å²) in [5.41, 5.74) is 7.01. The summed E-state index contributed by atoms with van der Waals surface area (Å²) in [5.74, 6) is 0.450. The van der Waals surface area contributed by atoms with Gasteiger partial charge in [-0.05, 0) is 26.0 Å². The number of aromatic nitrogens is 2. The summed E-state index contributed by atoms with van der Waals surface area (Å²) in [5, 5.41) is 0. The molecular formula is C13H13N3O3S. The van der Waals surface area contributed by atoms with Gasteiger partial charge in [-0.1, -0.05) is 0 Å². The first-order valence-corrected chi connectivity index (χ1v) is 6.93. The van der Waals surface area contributed by atoms with Crippen molar-refractivity contribution < 1.29 is 13.9 Å². The number of rotatable bonds is 3. The Hall–Kier alpha value is -2.28. The molecule has 0 saturated heterocycles. The monoisotopic (exact) mass is 291 g/mol. The van der Waals surface area contributed by atoms with Crippen molar-refractivity contribution in [3.05, 3.63) is 29.0 Å². The fourth-order valence-electron chi connectivity index (χ4n) is 2.09. The number of fused-ring (bicyclic) bond motifs is 1. The van der Waals surface area contributed by atoms with Gasteiger partial charge in [0, 0.05) is 4.88 Å². The molecule has 0 bridgehead atoms. The van der Waals surface area contributed by atoms with Crippen molar-refractivity contribution in [3.63, 3.8) is 0 Å². The van der Waals surface area contributed by atoms with Crippen LogP contribution in [0.3, 0.4) is 0 Å². The van der Waals surface area contributed by atoms with Crippen LogP contribution in [0.2, 0.25) is 0 Å². The van der Waals surface area contributed by atoms with Gasteiger partial charge in [-0.3, -0.25) is 4.40 Å². The molecule has 0 amide bonds. The molecule has 0 aliphatic heterocycles. The number of nitrogen functional groups attached to an aromatic ring is 1. The Labute approximate surface area is 118 Å². The summed E-state index contributed by atoms with van der Waals surface area (Å²) < 4.78 is 12.1. The summed E-state index contributed by atoms with van der Waals surface area (Å²) in [7, 11) is 0. The molecule has 0 fully saturated rings. The first kappa shape index (κ1) is 12.7. The van der Waals surface area contributed by atoms with Gasteiger partial charge in [-0.15, -0.1) is 11.3 Å². The Balaban J connectivity index is 2.22. The number of thiazole rings is 1. The molecule has 3 heterocycles. The van der Waals surface area contributed by atoms with E-state index in [1.807, 2.05) is 13.0 Å². The molecule has 0 aromatic carbocycles. The summed E-state index contributed by atoms with van der Waals surface area (Å²) in [6.07, 6.45) is 1.59. The van der Waals surface area contributed by atoms with E-state index in [9.17, 15) is 4.79 Å². The normalized spacial score (nSPS) is 11.1. The predicted octanol–water partition coefficient (Wildman–Crippen LogP) is 2.72. The van der Waals surface area contributed by atoms with E-state index in [2.05, 4.69) is 4.98 Å². The molecule has 6 nitrogen and oxygen atoms in total. The summed E-state index contributed by atoms with van der Waals surface area (Å²) >= 11 is 1.45. The SMILES string of the molecule is CCOC(=O)c1nc2sc(C)c(-c3ccco3)n2c1N. The Morgan fingerprint density at radius 3 is 3.05 bits per heavy atom. The Bertz CT molecular complexity index is 771. The molecule has 0 aliphatic rings. The Kier molecular flexibility index (Phi) is 2.98. The highest BCUT2D eigenvalue weighted by Gasteiger charge is 2.24. The largest absolute Gasteiger partial charge is 0.463 e. The molecule has 0 atom stereocenters. The molecule has 3 rings (SSSR count). The lowest BCUT2D eigenvalue weighted by Crippen LogP contribution is -2.08. The van der Waals surface area contributed by atoms with E-state index in [0.29, 0.717) is 10.7 Å². The van der Waals surface area contributed by atoms with Crippen LogP contribution in [0.1, 0.15) is 22.3 Å². The van der Waals surface area contributed by atoms with Gasteiger partial charge in [0.05, 0.1) is 12.9 Å². The second kappa shape index (κ2) is 4.68. The van der Waals surface area contributed by atoms with Gasteiger partial charge in [0.25, 0.3) is 0 Å². The van der Waals surface area contributed by atoms with Crippen LogP contribution in [0, 0.1) is 6.92 Å². The number of aryl methyl sites for hydroxylation is 1. The van der Waals surface area contributed by atoms with E-state index in [1.54, 1.807) is 23.7 Å². The van der Waals surface area contributed by atoms with Crippen LogP contribution in [-0.4, -0.2) is 22.0 Å². The van der Waals surface area contributed by atoms with Crippen LogP contribution in [0.5, 0.6) is 0 Å². The predicted molar refractivity (Wildman–Crippen MR) is 75.9 cm³/mol. The zero-order chi connectivity index (χ0) is 14.3. The third-order valence-electron chi connectivity index (χ3n) is 2.91. The number of furan rings is 1. The molecule has 0 aliphatic carbocycles. The van der Waals surface area contributed by atoms with Crippen LogP contribution in [0.25, 0.3) is 16.4 Å². The Morgan fingerprint density at radius 2 is 2.40 bits per heavy atom. The lowest BCUT2D eigenvalue weighted by molar-refractivity contribution is 0.0521. The van der Waals surface area contributed by atoms with E-state index in [-0.39, 0.29) is 18.1 Å². The number of carbonyl (C=O) groups excluding carboxylic acids is 1. The fraction of sp³-hybridized carbons (Fsp3) is 0.231. The first-order valence-electron chi connectivity index (χ1n) is 6.11. The molecule has 104 valence electrons. The summed E-state index contributed by atoms with van der Waals surface area (Å²) in [6, 6.07) is 3.65. The standard InChI is InChI=1S/C13H13N3O3S/c1-3-18-12(17)9-11(14)16-10(8-5-4-6-19-8)7(2)20-13(16)15-9/h4-6H,3,14H2,1-2H3. The summed E-state index contributed by atoms with van der Waals surface area (Å²) in [4.78, 5) is 17.7. The molecule has 3 aromatic rings. The van der Waals surface area contributed by atoms with E-state index >= 15 is 0 Å². The van der Waals surface area contributed by atoms with Crippen molar-refractivity contribution in [1.82, 2.24) is 9.38 Å². The van der Waals surface area contributed by atoms with E-state index in [0.717, 1.165) is 10.6 Å². The average Bonchev–Trinajstić information content (AvgIpc) is 3.07. The fourth-order valence-corrected chi connectivity index (χ4v) is 3.07. The topological polar surface area (TPSA) is 82.8 Å². The molecule has 2 N–H and O–H groups in total. The van der Waals surface area contributed by atoms with Crippen LogP contribution in [-0.2, 0) is 4.74 Å². The van der Waals surface area contributed by atoms with Crippen molar-refractivity contribution in [2.45, 2.75) is 13.8 Å². The molecule has 0 radical (unpaired) electrons. The highest BCUT2D eigenvalue weighted by atomic mass is 32.1. The van der Waals surface area contributed by atoms with Crippen LogP contribution in [0.4, 0.5) is 5.82 Å². The molecule has 0 saturated carbocycles. The maximum Gasteiger partial charge on any atom is 0.360 e. The van der Waals surface area contributed by atoms with Gasteiger partial charge >= 0.3 is 5.97 Å². The Morgan fingerprint density at radius 1 is 1.60 bits per heavy atom. The minimum absolute atomic E-state index is 0.144. The number of nitrogens with two attached hydrogens (primary N) is 1. The van der Waals surface area contributed by atoms with Gasteiger partial charge in [0.15, 0.2) is 16.4 Å². The minimum Gasteiger partial charge on any atom is -0.463 e. The van der Waals surface area contributed by atoms with Gasteiger partial charge in [-0.2, -0.15) is 0 Å². The van der Waals surface area contributed by atoms with Gasteiger partial charge in [0.1, 0.15) is 11.5 Å². The maximum atomic E-state index is 11.8. The summed E-state index contributed by atoms with van der Waals surface area (Å²) in [6.45, 7) is 3.99. The average molecular weight is 291 g/mol. The number of ether oxygens (including phenoxy) is 1. The molecule has 3 aromatic heterocycles. The maximum absolute atomic E-state index is 11.8. The minimum atomic E-state index is -0.510. The number of imidazole rings is 1. The van der Waals surface area contributed by atoms with Gasteiger partial charge < -0.3 is 14.9 Å². The van der Waals surface area contributed by atoms with Crippen LogP contribution < -0.4 is 5.73 Å². The van der Waals surface area contributed by atoms with Crippen molar-refractivity contribution in [3.8, 4) is 11.5 Å². The van der Waals surface area contributed by atoms with Gasteiger partial charge in [0.2, 0.25) is 0 Å². The zero-order valence-corrected chi connectivity index (χ0v) is 11.9. The van der Waals surface area contributed by atoms with E-state index in [1.165, 1.54) is 11.3 Å². The van der Waals surface area contributed by atoms with Crippen molar-refractivity contribution in [2.24, 2.45) is 0 Å². The van der Waals surface area contributed by atoms with Crippen molar-refractivity contribution in [2.75, 3.05) is 12.3 Å². The number of hydrogen-bond donors (Lipinski definition) is 1. The molecule has 7 heteroatoms. The molecule has 0 spiro atoms. The quantitative estimate of drug-likeness (QED) is 0.750. The molecule has 20 heavy (non-hydrogen) atoms. The highest BCUT2D eigenvalue weighted by molar-refractivity contribution is 7.17. The van der Waals surface area contributed by atoms with Crippen LogP contribution in [0.15, 0.2) is 22.8 Å². The second-order valence-electron chi connectivity index (χ2n) is 4.17. The molecule has 0 unspecified atom stereocenters. The lowest BCUT2D eigenvalue weighted by atomic mass is 10.3. The zero-order valence-electron chi connectivity index (χ0n) is 11.0. The van der Waals surface area contributed by atoms with E-state index < -0.39 is 5.97 Å². The second-order valence-corrected chi connectivity index (χ2v) is 5.35. The van der Waals surface area contributed by atoms with Crippen molar-refractivity contribution >= 4 is 28.1 Å². The number of esters is 1. The number of hydrogen-bond acceptors (Lipinski definition) is 6. The number of carbonyl (C=O) groups is 1. The third-order valence-corrected chi connectivity index (χ3v) is 3.86. The first-order chi connectivity index (χ1) is 9.63. The van der Waals surface area contributed by atoms with E-state index in [4.69, 9.17) is 14.9 Å². The number of nitrogens with zero attached hydrogens (tertiary/aromatic N) is 2.